The Hall–Kier alpha value is -3.49. The smallest absolute Gasteiger partial charge is 0.344 e. The van der Waals surface area contributed by atoms with Gasteiger partial charge in [-0.05, 0) is 43.7 Å². The highest BCUT2D eigenvalue weighted by atomic mass is 19.4. The van der Waals surface area contributed by atoms with Gasteiger partial charge in [-0.1, -0.05) is 12.1 Å². The van der Waals surface area contributed by atoms with E-state index >= 15 is 0 Å². The average Bonchev–Trinajstić information content (AvgIpc) is 2.68. The number of hydrogen-bond acceptors (Lipinski definition) is 4. The van der Waals surface area contributed by atoms with Gasteiger partial charge < -0.3 is 5.32 Å². The number of benzene rings is 1. The van der Waals surface area contributed by atoms with E-state index in [0.717, 1.165) is 22.4 Å². The summed E-state index contributed by atoms with van der Waals surface area (Å²) < 4.78 is 41.1. The van der Waals surface area contributed by atoms with E-state index in [4.69, 9.17) is 0 Å². The lowest BCUT2D eigenvalue weighted by atomic mass is 10.1. The quantitative estimate of drug-likeness (QED) is 0.725. The molecule has 29 heavy (non-hydrogen) atoms. The summed E-state index contributed by atoms with van der Waals surface area (Å²) in [7, 11) is 0. The number of para-hydroxylation sites is 1. The predicted molar refractivity (Wildman–Crippen MR) is 99.7 cm³/mol. The van der Waals surface area contributed by atoms with Crippen LogP contribution in [0.2, 0.25) is 0 Å². The molecule has 0 aliphatic rings. The van der Waals surface area contributed by atoms with Crippen LogP contribution in [0.5, 0.6) is 0 Å². The van der Waals surface area contributed by atoms with Crippen molar-refractivity contribution in [2.24, 2.45) is 0 Å². The molecule has 0 saturated carbocycles. The largest absolute Gasteiger partial charge is 0.418 e. The minimum Gasteiger partial charge on any atom is -0.344 e. The Morgan fingerprint density at radius 1 is 1.14 bits per heavy atom. The van der Waals surface area contributed by atoms with Gasteiger partial charge >= 0.3 is 6.18 Å². The van der Waals surface area contributed by atoms with Crippen LogP contribution in [0.25, 0.3) is 5.69 Å². The van der Waals surface area contributed by atoms with E-state index in [0.29, 0.717) is 0 Å². The molecule has 0 saturated heterocycles. The number of hydrogen-bond donors (Lipinski definition) is 1. The molecule has 0 bridgehead atoms. The third-order valence-electron chi connectivity index (χ3n) is 4.31. The van der Waals surface area contributed by atoms with Crippen LogP contribution in [0.15, 0.2) is 59.7 Å². The molecule has 0 radical (unpaired) electrons. The van der Waals surface area contributed by atoms with Crippen molar-refractivity contribution in [2.45, 2.75) is 26.1 Å². The first-order valence-electron chi connectivity index (χ1n) is 8.67. The van der Waals surface area contributed by atoms with E-state index in [2.05, 4.69) is 15.4 Å². The highest BCUT2D eigenvalue weighted by Crippen LogP contribution is 2.33. The number of amides is 1. The standard InChI is InChI=1S/C20H17F3N4O2/c1-12-11-17(28)18(19(29)25-13(2)14-7-9-24-10-8-14)26-27(12)16-6-4-3-5-15(16)20(21,22)23/h3-11,13H,1-2H3,(H,25,29). The van der Waals surface area contributed by atoms with Gasteiger partial charge in [0.2, 0.25) is 5.43 Å². The first kappa shape index (κ1) is 20.2. The van der Waals surface area contributed by atoms with Crippen molar-refractivity contribution in [2.75, 3.05) is 0 Å². The van der Waals surface area contributed by atoms with Gasteiger partial charge in [0, 0.05) is 24.2 Å². The maximum Gasteiger partial charge on any atom is 0.418 e. The van der Waals surface area contributed by atoms with Crippen molar-refractivity contribution in [3.63, 3.8) is 0 Å². The van der Waals surface area contributed by atoms with Crippen molar-refractivity contribution < 1.29 is 18.0 Å². The van der Waals surface area contributed by atoms with Crippen LogP contribution in [0.1, 0.15) is 40.3 Å². The van der Waals surface area contributed by atoms with E-state index < -0.39 is 34.8 Å². The number of alkyl halides is 3. The molecule has 2 aromatic heterocycles. The number of carbonyl (C=O) groups is 1. The van der Waals surface area contributed by atoms with Crippen LogP contribution in [-0.4, -0.2) is 20.7 Å². The zero-order chi connectivity index (χ0) is 21.2. The van der Waals surface area contributed by atoms with Gasteiger partial charge in [0.05, 0.1) is 17.3 Å². The Kier molecular flexibility index (Phi) is 5.49. The summed E-state index contributed by atoms with van der Waals surface area (Å²) in [6.07, 6.45) is -1.50. The summed E-state index contributed by atoms with van der Waals surface area (Å²) in [6.45, 7) is 3.15. The van der Waals surface area contributed by atoms with Crippen LogP contribution >= 0.6 is 0 Å². The van der Waals surface area contributed by atoms with E-state index in [-0.39, 0.29) is 11.4 Å². The van der Waals surface area contributed by atoms with Crippen molar-refractivity contribution >= 4 is 5.91 Å². The first-order chi connectivity index (χ1) is 13.7. The Labute approximate surface area is 164 Å². The maximum atomic E-state index is 13.4. The third kappa shape index (κ3) is 4.34. The topological polar surface area (TPSA) is 76.9 Å². The number of nitrogens with zero attached hydrogens (tertiary/aromatic N) is 3. The number of pyridine rings is 1. The Morgan fingerprint density at radius 2 is 1.79 bits per heavy atom. The van der Waals surface area contributed by atoms with Gasteiger partial charge in [-0.15, -0.1) is 0 Å². The number of nitrogens with one attached hydrogen (secondary N) is 1. The molecule has 0 aliphatic carbocycles. The van der Waals surface area contributed by atoms with Crippen LogP contribution in [0.4, 0.5) is 13.2 Å². The summed E-state index contributed by atoms with van der Waals surface area (Å²) in [4.78, 5) is 28.8. The van der Waals surface area contributed by atoms with Crippen LogP contribution in [0, 0.1) is 6.92 Å². The molecule has 0 aliphatic heterocycles. The second-order valence-electron chi connectivity index (χ2n) is 6.40. The second kappa shape index (κ2) is 7.86. The van der Waals surface area contributed by atoms with Gasteiger partial charge in [0.15, 0.2) is 5.69 Å². The summed E-state index contributed by atoms with van der Waals surface area (Å²) >= 11 is 0. The number of aryl methyl sites for hydroxylation is 1. The molecular formula is C20H17F3N4O2. The van der Waals surface area contributed by atoms with Crippen LogP contribution in [0.3, 0.4) is 0 Å². The molecule has 1 atom stereocenters. The van der Waals surface area contributed by atoms with Crippen molar-refractivity contribution in [3.05, 3.63) is 87.6 Å². The summed E-state index contributed by atoms with van der Waals surface area (Å²) in [6, 6.07) is 8.87. The molecule has 1 aromatic carbocycles. The molecule has 150 valence electrons. The number of halogens is 3. The molecule has 1 unspecified atom stereocenters. The lowest BCUT2D eigenvalue weighted by Gasteiger charge is -2.17. The summed E-state index contributed by atoms with van der Waals surface area (Å²) in [5, 5.41) is 6.57. The molecule has 0 fully saturated rings. The monoisotopic (exact) mass is 402 g/mol. The summed E-state index contributed by atoms with van der Waals surface area (Å²) in [5.74, 6) is -0.780. The SMILES string of the molecule is Cc1cc(=O)c(C(=O)NC(C)c2ccncc2)nn1-c1ccccc1C(F)(F)F. The predicted octanol–water partition coefficient (Wildman–Crippen LogP) is 3.45. The van der Waals surface area contributed by atoms with E-state index in [9.17, 15) is 22.8 Å². The average molecular weight is 402 g/mol. The lowest BCUT2D eigenvalue weighted by Crippen LogP contribution is -2.33. The molecule has 0 spiro atoms. The van der Waals surface area contributed by atoms with Gasteiger partial charge in [-0.25, -0.2) is 4.68 Å². The van der Waals surface area contributed by atoms with Crippen molar-refractivity contribution in [3.8, 4) is 5.69 Å². The maximum absolute atomic E-state index is 13.4. The minimum atomic E-state index is -4.62. The fourth-order valence-corrected chi connectivity index (χ4v) is 2.85. The fraction of sp³-hybridized carbons (Fsp3) is 0.200. The molecule has 2 heterocycles. The molecule has 1 amide bonds. The molecule has 3 rings (SSSR count). The highest BCUT2D eigenvalue weighted by molar-refractivity contribution is 5.92. The minimum absolute atomic E-state index is 0.172. The Balaban J connectivity index is 2.01. The zero-order valence-electron chi connectivity index (χ0n) is 15.6. The van der Waals surface area contributed by atoms with Crippen molar-refractivity contribution in [1.82, 2.24) is 20.1 Å². The number of rotatable bonds is 4. The van der Waals surface area contributed by atoms with E-state index in [1.54, 1.807) is 31.5 Å². The molecule has 9 heteroatoms. The molecular weight excluding hydrogens is 385 g/mol. The Morgan fingerprint density at radius 3 is 2.45 bits per heavy atom. The number of carbonyl (C=O) groups excluding carboxylic acids is 1. The van der Waals surface area contributed by atoms with Gasteiger partial charge in [0.1, 0.15) is 0 Å². The van der Waals surface area contributed by atoms with Crippen LogP contribution in [-0.2, 0) is 6.18 Å². The second-order valence-corrected chi connectivity index (χ2v) is 6.40. The van der Waals surface area contributed by atoms with Gasteiger partial charge in [-0.2, -0.15) is 18.3 Å². The number of aromatic nitrogens is 3. The highest BCUT2D eigenvalue weighted by Gasteiger charge is 2.34. The molecule has 3 aromatic rings. The zero-order valence-corrected chi connectivity index (χ0v) is 15.6. The van der Waals surface area contributed by atoms with Crippen LogP contribution < -0.4 is 10.7 Å². The van der Waals surface area contributed by atoms with Crippen molar-refractivity contribution in [1.29, 1.82) is 0 Å². The Bertz CT molecular complexity index is 1090. The van der Waals surface area contributed by atoms with E-state index in [1.165, 1.54) is 25.1 Å². The fourth-order valence-electron chi connectivity index (χ4n) is 2.85. The third-order valence-corrected chi connectivity index (χ3v) is 4.31. The first-order valence-corrected chi connectivity index (χ1v) is 8.67. The van der Waals surface area contributed by atoms with Gasteiger partial charge in [-0.3, -0.25) is 14.6 Å². The van der Waals surface area contributed by atoms with Gasteiger partial charge in [0.25, 0.3) is 5.91 Å². The summed E-state index contributed by atoms with van der Waals surface area (Å²) in [5.41, 5.74) is -1.44. The normalized spacial score (nSPS) is 12.4. The molecule has 6 nitrogen and oxygen atoms in total. The van der Waals surface area contributed by atoms with E-state index in [1.807, 2.05) is 0 Å². The molecule has 1 N–H and O–H groups in total. The lowest BCUT2D eigenvalue weighted by molar-refractivity contribution is -0.137.